The smallest absolute Gasteiger partial charge is 0.310 e. The summed E-state index contributed by atoms with van der Waals surface area (Å²) < 4.78 is 4.77. The lowest BCUT2D eigenvalue weighted by atomic mass is 9.98. The molecule has 1 fully saturated rings. The van der Waals surface area contributed by atoms with Gasteiger partial charge in [-0.15, -0.1) is 0 Å². The van der Waals surface area contributed by atoms with Crippen LogP contribution in [0.15, 0.2) is 30.3 Å². The Kier molecular flexibility index (Phi) is 5.14. The van der Waals surface area contributed by atoms with Crippen molar-refractivity contribution in [2.24, 2.45) is 5.92 Å². The highest BCUT2D eigenvalue weighted by atomic mass is 16.5. The summed E-state index contributed by atoms with van der Waals surface area (Å²) in [5, 5.41) is 0. The summed E-state index contributed by atoms with van der Waals surface area (Å²) in [7, 11) is 1.39. The predicted molar refractivity (Wildman–Crippen MR) is 81.5 cm³/mol. The molecular formula is C17H21NO3. The first kappa shape index (κ1) is 15.3. The maximum absolute atomic E-state index is 12.2. The minimum Gasteiger partial charge on any atom is -0.469 e. The standard InChI is InChI=1S/C17H21NO3/c1-13-5-3-6-14(11-13)8-9-16(19)18-10-4-7-15(12-18)17(20)21-2/h3,5-6,8-9,11,15H,4,7,10,12H2,1-2H3/b9-8+/t15-/m0/s1. The number of ether oxygens (including phenoxy) is 1. The van der Waals surface area contributed by atoms with Gasteiger partial charge in [-0.05, 0) is 31.4 Å². The molecule has 1 aromatic carbocycles. The van der Waals surface area contributed by atoms with Crippen LogP contribution in [-0.4, -0.2) is 37.0 Å². The van der Waals surface area contributed by atoms with Gasteiger partial charge in [-0.25, -0.2) is 0 Å². The maximum Gasteiger partial charge on any atom is 0.310 e. The van der Waals surface area contributed by atoms with Gasteiger partial charge >= 0.3 is 5.97 Å². The second-order valence-corrected chi connectivity index (χ2v) is 5.39. The SMILES string of the molecule is COC(=O)[C@H]1CCCN(C(=O)/C=C/c2cccc(C)c2)C1. The van der Waals surface area contributed by atoms with Gasteiger partial charge in [0.2, 0.25) is 5.91 Å². The van der Waals surface area contributed by atoms with Crippen molar-refractivity contribution in [1.29, 1.82) is 0 Å². The third kappa shape index (κ3) is 4.18. The molecule has 0 N–H and O–H groups in total. The molecule has 0 spiro atoms. The summed E-state index contributed by atoms with van der Waals surface area (Å²) in [5.41, 5.74) is 2.17. The zero-order valence-electron chi connectivity index (χ0n) is 12.5. The summed E-state index contributed by atoms with van der Waals surface area (Å²) >= 11 is 0. The number of esters is 1. The monoisotopic (exact) mass is 287 g/mol. The van der Waals surface area contributed by atoms with E-state index in [4.69, 9.17) is 4.74 Å². The van der Waals surface area contributed by atoms with E-state index >= 15 is 0 Å². The molecule has 4 heteroatoms. The molecule has 0 aromatic heterocycles. The Labute approximate surface area is 125 Å². The molecule has 1 aliphatic heterocycles. The summed E-state index contributed by atoms with van der Waals surface area (Å²) in [6.07, 6.45) is 5.02. The summed E-state index contributed by atoms with van der Waals surface area (Å²) in [4.78, 5) is 25.5. The first-order chi connectivity index (χ1) is 10.1. The lowest BCUT2D eigenvalue weighted by Crippen LogP contribution is -2.41. The molecule has 1 amide bonds. The zero-order valence-corrected chi connectivity index (χ0v) is 12.5. The van der Waals surface area contributed by atoms with Crippen LogP contribution in [0.5, 0.6) is 0 Å². The number of likely N-dealkylation sites (tertiary alicyclic amines) is 1. The van der Waals surface area contributed by atoms with Crippen LogP contribution in [0.3, 0.4) is 0 Å². The molecule has 0 radical (unpaired) electrons. The van der Waals surface area contributed by atoms with Gasteiger partial charge in [0.1, 0.15) is 0 Å². The molecule has 1 saturated heterocycles. The molecule has 1 heterocycles. The van der Waals surface area contributed by atoms with Crippen LogP contribution in [-0.2, 0) is 14.3 Å². The van der Waals surface area contributed by atoms with Gasteiger partial charge in [-0.2, -0.15) is 0 Å². The van der Waals surface area contributed by atoms with Crippen LogP contribution in [0.25, 0.3) is 6.08 Å². The second kappa shape index (κ2) is 7.07. The Morgan fingerprint density at radius 2 is 2.19 bits per heavy atom. The van der Waals surface area contributed by atoms with Crippen molar-refractivity contribution in [3.8, 4) is 0 Å². The number of methoxy groups -OCH3 is 1. The molecular weight excluding hydrogens is 266 g/mol. The number of piperidine rings is 1. The van der Waals surface area contributed by atoms with Crippen LogP contribution in [0.4, 0.5) is 0 Å². The van der Waals surface area contributed by atoms with Crippen LogP contribution in [0, 0.1) is 12.8 Å². The molecule has 21 heavy (non-hydrogen) atoms. The Bertz CT molecular complexity index is 551. The fourth-order valence-electron chi connectivity index (χ4n) is 2.58. The molecule has 0 unspecified atom stereocenters. The van der Waals surface area contributed by atoms with E-state index in [1.807, 2.05) is 37.3 Å². The van der Waals surface area contributed by atoms with Crippen LogP contribution in [0.2, 0.25) is 0 Å². The molecule has 2 rings (SSSR count). The Balaban J connectivity index is 1.98. The highest BCUT2D eigenvalue weighted by molar-refractivity contribution is 5.92. The van der Waals surface area contributed by atoms with E-state index in [1.54, 1.807) is 11.0 Å². The van der Waals surface area contributed by atoms with Crippen LogP contribution in [0.1, 0.15) is 24.0 Å². The third-order valence-corrected chi connectivity index (χ3v) is 3.73. The van der Waals surface area contributed by atoms with E-state index in [-0.39, 0.29) is 17.8 Å². The van der Waals surface area contributed by atoms with E-state index in [2.05, 4.69) is 0 Å². The Morgan fingerprint density at radius 3 is 2.90 bits per heavy atom. The number of benzene rings is 1. The van der Waals surface area contributed by atoms with Gasteiger partial charge in [-0.3, -0.25) is 9.59 Å². The second-order valence-electron chi connectivity index (χ2n) is 5.39. The molecule has 1 aliphatic rings. The van der Waals surface area contributed by atoms with E-state index < -0.39 is 0 Å². The number of nitrogens with zero attached hydrogens (tertiary/aromatic N) is 1. The van der Waals surface area contributed by atoms with E-state index in [9.17, 15) is 9.59 Å². The summed E-state index contributed by atoms with van der Waals surface area (Å²) in [6, 6.07) is 7.97. The van der Waals surface area contributed by atoms with Gasteiger partial charge in [0.25, 0.3) is 0 Å². The fourth-order valence-corrected chi connectivity index (χ4v) is 2.58. The normalized spacial score (nSPS) is 18.8. The van der Waals surface area contributed by atoms with Crippen molar-refractivity contribution < 1.29 is 14.3 Å². The average molecular weight is 287 g/mol. The molecule has 0 saturated carbocycles. The molecule has 0 bridgehead atoms. The fraction of sp³-hybridized carbons (Fsp3) is 0.412. The number of rotatable bonds is 3. The van der Waals surface area contributed by atoms with Gasteiger partial charge in [0.15, 0.2) is 0 Å². The highest BCUT2D eigenvalue weighted by Crippen LogP contribution is 2.18. The van der Waals surface area contributed by atoms with Crippen molar-refractivity contribution in [2.45, 2.75) is 19.8 Å². The lowest BCUT2D eigenvalue weighted by molar-refractivity contribution is -0.148. The maximum atomic E-state index is 12.2. The number of amides is 1. The minimum atomic E-state index is -0.227. The summed E-state index contributed by atoms with van der Waals surface area (Å²) in [5.74, 6) is -0.472. The highest BCUT2D eigenvalue weighted by Gasteiger charge is 2.28. The average Bonchev–Trinajstić information content (AvgIpc) is 2.52. The number of aryl methyl sites for hydroxylation is 1. The number of carbonyl (C=O) groups is 2. The van der Waals surface area contributed by atoms with E-state index in [0.717, 1.165) is 24.0 Å². The van der Waals surface area contributed by atoms with Crippen molar-refractivity contribution in [1.82, 2.24) is 4.90 Å². The predicted octanol–water partition coefficient (Wildman–Crippen LogP) is 2.42. The Hall–Kier alpha value is -2.10. The number of hydrogen-bond acceptors (Lipinski definition) is 3. The van der Waals surface area contributed by atoms with Gasteiger partial charge in [0, 0.05) is 19.2 Å². The van der Waals surface area contributed by atoms with Crippen molar-refractivity contribution in [3.05, 3.63) is 41.5 Å². The minimum absolute atomic E-state index is 0.0508. The van der Waals surface area contributed by atoms with E-state index in [1.165, 1.54) is 7.11 Å². The quantitative estimate of drug-likeness (QED) is 0.633. The molecule has 0 aliphatic carbocycles. The van der Waals surface area contributed by atoms with Gasteiger partial charge in [-0.1, -0.05) is 29.8 Å². The van der Waals surface area contributed by atoms with Crippen molar-refractivity contribution >= 4 is 18.0 Å². The number of hydrogen-bond donors (Lipinski definition) is 0. The topological polar surface area (TPSA) is 46.6 Å². The first-order valence-corrected chi connectivity index (χ1v) is 7.21. The van der Waals surface area contributed by atoms with E-state index in [0.29, 0.717) is 13.1 Å². The van der Waals surface area contributed by atoms with Gasteiger partial charge in [0.05, 0.1) is 13.0 Å². The molecule has 4 nitrogen and oxygen atoms in total. The zero-order chi connectivity index (χ0) is 15.2. The molecule has 1 atom stereocenters. The van der Waals surface area contributed by atoms with Crippen LogP contribution >= 0.6 is 0 Å². The Morgan fingerprint density at radius 1 is 1.38 bits per heavy atom. The number of carbonyl (C=O) groups excluding carboxylic acids is 2. The largest absolute Gasteiger partial charge is 0.469 e. The van der Waals surface area contributed by atoms with Crippen molar-refractivity contribution in [3.63, 3.8) is 0 Å². The third-order valence-electron chi connectivity index (χ3n) is 3.73. The first-order valence-electron chi connectivity index (χ1n) is 7.21. The van der Waals surface area contributed by atoms with Crippen LogP contribution < -0.4 is 0 Å². The summed E-state index contributed by atoms with van der Waals surface area (Å²) in [6.45, 7) is 3.17. The lowest BCUT2D eigenvalue weighted by Gasteiger charge is -2.30. The molecule has 1 aromatic rings. The molecule has 112 valence electrons. The van der Waals surface area contributed by atoms with Gasteiger partial charge < -0.3 is 9.64 Å². The van der Waals surface area contributed by atoms with Crippen molar-refractivity contribution in [2.75, 3.05) is 20.2 Å².